The van der Waals surface area contributed by atoms with Crippen LogP contribution in [0.5, 0.6) is 0 Å². The number of aliphatic carboxylic acids is 2. The van der Waals surface area contributed by atoms with E-state index in [-0.39, 0.29) is 0 Å². The first-order chi connectivity index (χ1) is 8.33. The molecule has 9 heteroatoms. The van der Waals surface area contributed by atoms with Crippen molar-refractivity contribution >= 4 is 22.1 Å². The van der Waals surface area contributed by atoms with Crippen molar-refractivity contribution < 1.29 is 28.2 Å². The van der Waals surface area contributed by atoms with E-state index in [1.807, 2.05) is 4.72 Å². The lowest BCUT2D eigenvalue weighted by molar-refractivity contribution is -0.145. The van der Waals surface area contributed by atoms with Crippen LogP contribution in [-0.2, 0) is 19.8 Å². The minimum absolute atomic E-state index is 0.328. The lowest BCUT2D eigenvalue weighted by Gasteiger charge is -2.27. The minimum Gasteiger partial charge on any atom is -0.481 e. The predicted molar refractivity (Wildman–Crippen MR) is 61.2 cm³/mol. The minimum atomic E-state index is -3.93. The zero-order valence-corrected chi connectivity index (χ0v) is 10.5. The highest BCUT2D eigenvalue weighted by Crippen LogP contribution is 2.12. The highest BCUT2D eigenvalue weighted by atomic mass is 32.2. The molecule has 0 aromatic carbocycles. The van der Waals surface area contributed by atoms with Gasteiger partial charge in [-0.25, -0.2) is 0 Å². The summed E-state index contributed by atoms with van der Waals surface area (Å²) >= 11 is 0. The molecule has 1 saturated heterocycles. The summed E-state index contributed by atoms with van der Waals surface area (Å²) in [6.07, 6.45) is 1.58. The Morgan fingerprint density at radius 1 is 1.17 bits per heavy atom. The molecule has 1 rings (SSSR count). The standard InChI is InChI=1S/C9H16N2O6S/c12-8(13)6-7(9(14)15)10-18(16,17)11-4-2-1-3-5-11/h7,10H,1-6H2,(H,12,13)(H,14,15)/t7-/m0/s1. The Hall–Kier alpha value is -1.19. The molecule has 0 bridgehead atoms. The Kier molecular flexibility index (Phi) is 5.05. The number of hydrogen-bond acceptors (Lipinski definition) is 4. The zero-order valence-electron chi connectivity index (χ0n) is 9.70. The summed E-state index contributed by atoms with van der Waals surface area (Å²) in [5.74, 6) is -2.87. The molecule has 3 N–H and O–H groups in total. The van der Waals surface area contributed by atoms with Crippen LogP contribution < -0.4 is 4.72 Å². The summed E-state index contributed by atoms with van der Waals surface area (Å²) in [4.78, 5) is 21.3. The lowest BCUT2D eigenvalue weighted by Crippen LogP contribution is -2.50. The van der Waals surface area contributed by atoms with Crippen LogP contribution in [0.15, 0.2) is 0 Å². The van der Waals surface area contributed by atoms with E-state index >= 15 is 0 Å². The molecule has 104 valence electrons. The van der Waals surface area contributed by atoms with Gasteiger partial charge in [0.1, 0.15) is 6.04 Å². The maximum Gasteiger partial charge on any atom is 0.322 e. The monoisotopic (exact) mass is 280 g/mol. The van der Waals surface area contributed by atoms with Crippen molar-refractivity contribution in [2.24, 2.45) is 0 Å². The molecule has 1 fully saturated rings. The number of carbonyl (C=O) groups is 2. The van der Waals surface area contributed by atoms with Gasteiger partial charge in [0.05, 0.1) is 6.42 Å². The predicted octanol–water partition coefficient (Wildman–Crippen LogP) is -0.765. The first-order valence-electron chi connectivity index (χ1n) is 5.55. The molecule has 1 atom stereocenters. The van der Waals surface area contributed by atoms with E-state index in [9.17, 15) is 18.0 Å². The number of nitrogens with one attached hydrogen (secondary N) is 1. The van der Waals surface area contributed by atoms with Crippen LogP contribution in [0.4, 0.5) is 0 Å². The fourth-order valence-electron chi connectivity index (χ4n) is 1.71. The summed E-state index contributed by atoms with van der Waals surface area (Å²) in [6, 6.07) is -1.64. The highest BCUT2D eigenvalue weighted by Gasteiger charge is 2.31. The molecule has 0 spiro atoms. The number of hydrogen-bond donors (Lipinski definition) is 3. The third-order valence-corrected chi connectivity index (χ3v) is 4.25. The molecular formula is C9H16N2O6S. The highest BCUT2D eigenvalue weighted by molar-refractivity contribution is 7.87. The van der Waals surface area contributed by atoms with Crippen LogP contribution in [0.2, 0.25) is 0 Å². The second kappa shape index (κ2) is 6.12. The Balaban J connectivity index is 2.71. The van der Waals surface area contributed by atoms with E-state index in [1.165, 1.54) is 0 Å². The van der Waals surface area contributed by atoms with E-state index in [4.69, 9.17) is 10.2 Å². The van der Waals surface area contributed by atoms with Crippen molar-refractivity contribution in [1.82, 2.24) is 9.03 Å². The maximum atomic E-state index is 11.8. The fraction of sp³-hybridized carbons (Fsp3) is 0.778. The van der Waals surface area contributed by atoms with Gasteiger partial charge in [0.25, 0.3) is 10.2 Å². The molecule has 1 aliphatic rings. The number of carboxylic acids is 2. The van der Waals surface area contributed by atoms with Crippen molar-refractivity contribution in [3.63, 3.8) is 0 Å². The molecule has 0 radical (unpaired) electrons. The quantitative estimate of drug-likeness (QED) is 0.587. The van der Waals surface area contributed by atoms with Gasteiger partial charge >= 0.3 is 11.9 Å². The van der Waals surface area contributed by atoms with E-state index in [0.29, 0.717) is 13.1 Å². The maximum absolute atomic E-state index is 11.8. The van der Waals surface area contributed by atoms with E-state index < -0.39 is 34.6 Å². The van der Waals surface area contributed by atoms with Crippen LogP contribution in [0.25, 0.3) is 0 Å². The summed E-state index contributed by atoms with van der Waals surface area (Å²) in [5.41, 5.74) is 0. The van der Waals surface area contributed by atoms with Gasteiger partial charge in [0.2, 0.25) is 0 Å². The Labute approximate surface area is 105 Å². The zero-order chi connectivity index (χ0) is 13.8. The third-order valence-electron chi connectivity index (χ3n) is 2.62. The molecule has 0 saturated carbocycles. The molecule has 1 heterocycles. The van der Waals surface area contributed by atoms with Crippen LogP contribution in [-0.4, -0.2) is 54.0 Å². The summed E-state index contributed by atoms with van der Waals surface area (Å²) in [7, 11) is -3.93. The van der Waals surface area contributed by atoms with E-state index in [0.717, 1.165) is 23.6 Å². The Morgan fingerprint density at radius 3 is 2.17 bits per heavy atom. The molecule has 0 unspecified atom stereocenters. The van der Waals surface area contributed by atoms with Crippen molar-refractivity contribution in [1.29, 1.82) is 0 Å². The van der Waals surface area contributed by atoms with Crippen molar-refractivity contribution in [2.75, 3.05) is 13.1 Å². The van der Waals surface area contributed by atoms with Gasteiger partial charge in [-0.1, -0.05) is 6.42 Å². The Morgan fingerprint density at radius 2 is 1.72 bits per heavy atom. The van der Waals surface area contributed by atoms with Gasteiger partial charge in [0, 0.05) is 13.1 Å². The molecule has 0 amide bonds. The lowest BCUT2D eigenvalue weighted by atomic mass is 10.2. The van der Waals surface area contributed by atoms with E-state index in [1.54, 1.807) is 0 Å². The average molecular weight is 280 g/mol. The van der Waals surface area contributed by atoms with Gasteiger partial charge in [-0.05, 0) is 12.8 Å². The summed E-state index contributed by atoms with van der Waals surface area (Å²) in [6.45, 7) is 0.656. The second-order valence-corrected chi connectivity index (χ2v) is 5.77. The van der Waals surface area contributed by atoms with Crippen molar-refractivity contribution in [3.05, 3.63) is 0 Å². The molecule has 8 nitrogen and oxygen atoms in total. The van der Waals surface area contributed by atoms with Gasteiger partial charge in [-0.3, -0.25) is 9.59 Å². The first-order valence-corrected chi connectivity index (χ1v) is 6.99. The van der Waals surface area contributed by atoms with Crippen LogP contribution >= 0.6 is 0 Å². The largest absolute Gasteiger partial charge is 0.481 e. The van der Waals surface area contributed by atoms with E-state index in [2.05, 4.69) is 0 Å². The molecular weight excluding hydrogens is 264 g/mol. The van der Waals surface area contributed by atoms with Crippen molar-refractivity contribution in [2.45, 2.75) is 31.7 Å². The first kappa shape index (κ1) is 14.9. The van der Waals surface area contributed by atoms with Crippen LogP contribution in [0.1, 0.15) is 25.7 Å². The molecule has 0 aliphatic carbocycles. The van der Waals surface area contributed by atoms with Gasteiger partial charge in [-0.15, -0.1) is 0 Å². The van der Waals surface area contributed by atoms with Gasteiger partial charge in [0.15, 0.2) is 0 Å². The molecule has 18 heavy (non-hydrogen) atoms. The molecule has 0 aromatic rings. The van der Waals surface area contributed by atoms with Crippen LogP contribution in [0.3, 0.4) is 0 Å². The average Bonchev–Trinajstić information content (AvgIpc) is 2.28. The fourth-order valence-corrected chi connectivity index (χ4v) is 3.15. The summed E-state index contributed by atoms with van der Waals surface area (Å²) < 4.78 is 26.7. The number of piperidine rings is 1. The number of nitrogens with zero attached hydrogens (tertiary/aromatic N) is 1. The number of rotatable bonds is 6. The SMILES string of the molecule is O=C(O)C[C@H](NS(=O)(=O)N1CCCCC1)C(=O)O. The third kappa shape index (κ3) is 4.24. The molecule has 0 aromatic heterocycles. The Bertz CT molecular complexity index is 415. The number of carboxylic acid groups (broad SMARTS) is 2. The topological polar surface area (TPSA) is 124 Å². The van der Waals surface area contributed by atoms with Crippen molar-refractivity contribution in [3.8, 4) is 0 Å². The van der Waals surface area contributed by atoms with Crippen LogP contribution in [0, 0.1) is 0 Å². The normalized spacial score (nSPS) is 19.3. The molecule has 1 aliphatic heterocycles. The summed E-state index contributed by atoms with van der Waals surface area (Å²) in [5, 5.41) is 17.3. The smallest absolute Gasteiger partial charge is 0.322 e. The van der Waals surface area contributed by atoms with Gasteiger partial charge < -0.3 is 10.2 Å². The second-order valence-electron chi connectivity index (χ2n) is 4.07. The van der Waals surface area contributed by atoms with Gasteiger partial charge in [-0.2, -0.15) is 17.4 Å².